The molecule has 6 atom stereocenters. The molecule has 2 aliphatic carbocycles. The highest BCUT2D eigenvalue weighted by atomic mass is 16.4. The number of imide groups is 1. The predicted octanol–water partition coefficient (Wildman–Crippen LogP) is -0.138. The highest BCUT2D eigenvalue weighted by Crippen LogP contribution is 2.56. The number of carboxylic acids is 1. The van der Waals surface area contributed by atoms with Crippen molar-refractivity contribution in [3.63, 3.8) is 0 Å². The van der Waals surface area contributed by atoms with E-state index in [1.165, 1.54) is 18.2 Å². The summed E-state index contributed by atoms with van der Waals surface area (Å²) in [6.07, 6.45) is -1.57. The zero-order valence-corrected chi connectivity index (χ0v) is 12.0. The molecule has 2 amide bonds. The van der Waals surface area contributed by atoms with Crippen molar-refractivity contribution in [2.45, 2.75) is 18.6 Å². The van der Waals surface area contributed by atoms with E-state index >= 15 is 0 Å². The Morgan fingerprint density at radius 1 is 1.00 bits per heavy atom. The van der Waals surface area contributed by atoms with Crippen LogP contribution in [0.5, 0.6) is 0 Å². The van der Waals surface area contributed by atoms with E-state index in [2.05, 4.69) is 0 Å². The van der Waals surface area contributed by atoms with Crippen molar-refractivity contribution in [3.8, 4) is 0 Å². The number of fused-ring (bicyclic) bond motifs is 5. The van der Waals surface area contributed by atoms with Crippen LogP contribution < -0.4 is 4.90 Å². The first-order chi connectivity index (χ1) is 10.9. The number of aromatic carboxylic acids is 1. The molecule has 2 saturated carbocycles. The molecule has 1 aromatic rings. The van der Waals surface area contributed by atoms with Crippen molar-refractivity contribution >= 4 is 23.5 Å². The van der Waals surface area contributed by atoms with Gasteiger partial charge in [-0.25, -0.2) is 9.69 Å². The van der Waals surface area contributed by atoms with Gasteiger partial charge in [-0.3, -0.25) is 9.59 Å². The van der Waals surface area contributed by atoms with Gasteiger partial charge in [-0.2, -0.15) is 0 Å². The minimum atomic E-state index is -1.22. The van der Waals surface area contributed by atoms with Crippen molar-refractivity contribution in [2.24, 2.45) is 23.7 Å². The highest BCUT2D eigenvalue weighted by molar-refractivity contribution is 6.24. The SMILES string of the molecule is O=C(O)c1ccccc1N1C(=O)[C@@H]2[C@@H]3C[C@@H]([C@H](O)[C@H]3O)[C@H]2C1=O. The number of anilines is 1. The lowest BCUT2D eigenvalue weighted by Gasteiger charge is -2.29. The minimum absolute atomic E-state index is 0.0489. The Bertz CT molecular complexity index is 699. The van der Waals surface area contributed by atoms with Gasteiger partial charge in [0.25, 0.3) is 0 Å². The Labute approximate surface area is 131 Å². The zero-order valence-electron chi connectivity index (χ0n) is 12.0. The topological polar surface area (TPSA) is 115 Å². The molecule has 0 aromatic heterocycles. The van der Waals surface area contributed by atoms with E-state index in [-0.39, 0.29) is 11.3 Å². The van der Waals surface area contributed by atoms with E-state index in [0.717, 1.165) is 4.90 Å². The van der Waals surface area contributed by atoms with E-state index in [4.69, 9.17) is 0 Å². The van der Waals surface area contributed by atoms with E-state index in [0.29, 0.717) is 6.42 Å². The van der Waals surface area contributed by atoms with E-state index in [1.807, 2.05) is 0 Å². The molecule has 120 valence electrons. The first kappa shape index (κ1) is 14.3. The van der Waals surface area contributed by atoms with Crippen LogP contribution in [0.2, 0.25) is 0 Å². The molecule has 2 bridgehead atoms. The summed E-state index contributed by atoms with van der Waals surface area (Å²) in [5.41, 5.74) is -0.0737. The van der Waals surface area contributed by atoms with Crippen LogP contribution in [0.1, 0.15) is 16.8 Å². The van der Waals surface area contributed by atoms with Crippen molar-refractivity contribution in [3.05, 3.63) is 29.8 Å². The number of rotatable bonds is 2. The van der Waals surface area contributed by atoms with Crippen LogP contribution in [-0.2, 0) is 9.59 Å². The van der Waals surface area contributed by atoms with Crippen molar-refractivity contribution in [1.29, 1.82) is 0 Å². The number of aliphatic hydroxyl groups excluding tert-OH is 2. The third-order valence-electron chi connectivity index (χ3n) is 5.47. The van der Waals surface area contributed by atoms with Gasteiger partial charge in [-0.15, -0.1) is 0 Å². The lowest BCUT2D eigenvalue weighted by atomic mass is 9.78. The third-order valence-corrected chi connectivity index (χ3v) is 5.47. The van der Waals surface area contributed by atoms with Crippen LogP contribution in [0.25, 0.3) is 0 Å². The molecular weight excluding hydrogens is 302 g/mol. The smallest absolute Gasteiger partial charge is 0.337 e. The summed E-state index contributed by atoms with van der Waals surface area (Å²) in [6, 6.07) is 5.85. The summed E-state index contributed by atoms with van der Waals surface area (Å²) >= 11 is 0. The average molecular weight is 317 g/mol. The fraction of sp³-hybridized carbons (Fsp3) is 0.438. The molecule has 7 nitrogen and oxygen atoms in total. The number of amides is 2. The molecule has 3 aliphatic rings. The molecule has 7 heteroatoms. The fourth-order valence-electron chi connectivity index (χ4n) is 4.52. The standard InChI is InChI=1S/C16H15NO6/c18-12-7-5-8(13(12)19)11-10(7)14(20)17(15(11)21)9-4-2-1-3-6(9)16(22)23/h1-4,7-8,10-13,18-19H,5H2,(H,22,23)/t7-,8+,10-,11-,12+,13+/m1/s1. The first-order valence-corrected chi connectivity index (χ1v) is 7.49. The third kappa shape index (κ3) is 1.69. The molecule has 23 heavy (non-hydrogen) atoms. The molecule has 3 fully saturated rings. The lowest BCUT2D eigenvalue weighted by Crippen LogP contribution is -2.43. The van der Waals surface area contributed by atoms with E-state index < -0.39 is 53.7 Å². The average Bonchev–Trinajstić information content (AvgIpc) is 3.12. The maximum Gasteiger partial charge on any atom is 0.337 e. The Morgan fingerprint density at radius 3 is 2.04 bits per heavy atom. The van der Waals surface area contributed by atoms with Gasteiger partial charge in [0.15, 0.2) is 0 Å². The van der Waals surface area contributed by atoms with Crippen LogP contribution >= 0.6 is 0 Å². The molecule has 4 rings (SSSR count). The monoisotopic (exact) mass is 317 g/mol. The lowest BCUT2D eigenvalue weighted by molar-refractivity contribution is -0.129. The molecule has 0 unspecified atom stereocenters. The summed E-state index contributed by atoms with van der Waals surface area (Å²) in [5, 5.41) is 29.3. The molecule has 1 aromatic carbocycles. The van der Waals surface area contributed by atoms with Crippen LogP contribution in [-0.4, -0.2) is 45.3 Å². The largest absolute Gasteiger partial charge is 0.478 e. The van der Waals surface area contributed by atoms with Gasteiger partial charge in [0, 0.05) is 11.8 Å². The van der Waals surface area contributed by atoms with E-state index in [1.54, 1.807) is 6.07 Å². The molecule has 1 aliphatic heterocycles. The Hall–Kier alpha value is -2.25. The van der Waals surface area contributed by atoms with Crippen molar-refractivity contribution < 1.29 is 29.7 Å². The van der Waals surface area contributed by atoms with Gasteiger partial charge in [-0.05, 0) is 18.6 Å². The summed E-state index contributed by atoms with van der Waals surface area (Å²) in [7, 11) is 0. The van der Waals surface area contributed by atoms with Gasteiger partial charge in [-0.1, -0.05) is 12.1 Å². The van der Waals surface area contributed by atoms with Gasteiger partial charge in [0.1, 0.15) is 0 Å². The van der Waals surface area contributed by atoms with E-state index in [9.17, 15) is 29.7 Å². The number of carbonyl (C=O) groups excluding carboxylic acids is 2. The Kier molecular flexibility index (Phi) is 2.88. The highest BCUT2D eigenvalue weighted by Gasteiger charge is 2.67. The van der Waals surface area contributed by atoms with Gasteiger partial charge in [0.05, 0.1) is 35.3 Å². The first-order valence-electron chi connectivity index (χ1n) is 7.49. The normalized spacial score (nSPS) is 38.3. The quantitative estimate of drug-likeness (QED) is 0.654. The van der Waals surface area contributed by atoms with Crippen molar-refractivity contribution in [1.82, 2.24) is 0 Å². The van der Waals surface area contributed by atoms with Crippen LogP contribution in [0.4, 0.5) is 5.69 Å². The van der Waals surface area contributed by atoms with Crippen LogP contribution in [0.3, 0.4) is 0 Å². The molecule has 0 spiro atoms. The molecular formula is C16H15NO6. The second kappa shape index (κ2) is 4.62. The number of hydrogen-bond donors (Lipinski definition) is 3. The summed E-state index contributed by atoms with van der Waals surface area (Å²) < 4.78 is 0. The molecule has 1 heterocycles. The summed E-state index contributed by atoms with van der Waals surface area (Å²) in [6.45, 7) is 0. The Balaban J connectivity index is 1.78. The maximum absolute atomic E-state index is 12.7. The number of para-hydroxylation sites is 1. The second-order valence-electron chi connectivity index (χ2n) is 6.43. The van der Waals surface area contributed by atoms with Gasteiger partial charge in [0.2, 0.25) is 11.8 Å². The van der Waals surface area contributed by atoms with Crippen LogP contribution in [0.15, 0.2) is 24.3 Å². The number of benzene rings is 1. The number of carboxylic acid groups (broad SMARTS) is 1. The summed E-state index contributed by atoms with van der Waals surface area (Å²) in [4.78, 5) is 37.7. The number of carbonyl (C=O) groups is 3. The van der Waals surface area contributed by atoms with Gasteiger partial charge < -0.3 is 15.3 Å². The minimum Gasteiger partial charge on any atom is -0.478 e. The molecule has 0 radical (unpaired) electrons. The number of aliphatic hydroxyl groups is 2. The van der Waals surface area contributed by atoms with Crippen LogP contribution in [0, 0.1) is 23.7 Å². The Morgan fingerprint density at radius 2 is 1.52 bits per heavy atom. The summed E-state index contributed by atoms with van der Waals surface area (Å²) in [5.74, 6) is -4.42. The fourth-order valence-corrected chi connectivity index (χ4v) is 4.52. The second-order valence-corrected chi connectivity index (χ2v) is 6.43. The number of hydrogen-bond acceptors (Lipinski definition) is 5. The van der Waals surface area contributed by atoms with Crippen molar-refractivity contribution in [2.75, 3.05) is 4.90 Å². The number of nitrogens with zero attached hydrogens (tertiary/aromatic N) is 1. The molecule has 1 saturated heterocycles. The molecule has 3 N–H and O–H groups in total. The zero-order chi connectivity index (χ0) is 16.5. The van der Waals surface area contributed by atoms with Gasteiger partial charge >= 0.3 is 5.97 Å². The maximum atomic E-state index is 12.7. The predicted molar refractivity (Wildman–Crippen MR) is 76.5 cm³/mol.